The van der Waals surface area contributed by atoms with Gasteiger partial charge >= 0.3 is 20.5 Å². The van der Waals surface area contributed by atoms with Crippen molar-refractivity contribution in [2.75, 3.05) is 6.61 Å². The number of carboxylic acids is 1. The normalized spacial score (nSPS) is 15.6. The summed E-state index contributed by atoms with van der Waals surface area (Å²) in [4.78, 5) is 22.1. The minimum absolute atomic E-state index is 0.0483. The Bertz CT molecular complexity index is 440. The highest BCUT2D eigenvalue weighted by Crippen LogP contribution is 2.38. The highest BCUT2D eigenvalue weighted by atomic mass is 28.5. The Morgan fingerprint density at radius 2 is 1.40 bits per heavy atom. The second-order valence-corrected chi connectivity index (χ2v) is 21.5. The molecular formula is C16H36O6Si3. The highest BCUT2D eigenvalue weighted by Gasteiger charge is 2.48. The fourth-order valence-electron chi connectivity index (χ4n) is 3.19. The summed E-state index contributed by atoms with van der Waals surface area (Å²) in [5.74, 6) is -1.82. The van der Waals surface area contributed by atoms with Gasteiger partial charge in [-0.3, -0.25) is 9.59 Å². The van der Waals surface area contributed by atoms with Gasteiger partial charge in [-0.2, -0.15) is 0 Å². The average molecular weight is 409 g/mol. The Hall–Kier alpha value is -0.489. The van der Waals surface area contributed by atoms with Gasteiger partial charge in [-0.05, 0) is 51.7 Å². The van der Waals surface area contributed by atoms with Crippen LogP contribution >= 0.6 is 0 Å². The average Bonchev–Trinajstić information content (AvgIpc) is 2.31. The van der Waals surface area contributed by atoms with Gasteiger partial charge in [0.05, 0.1) is 6.61 Å². The predicted octanol–water partition coefficient (Wildman–Crippen LogP) is 4.20. The Labute approximate surface area is 155 Å². The zero-order valence-electron chi connectivity index (χ0n) is 17.3. The summed E-state index contributed by atoms with van der Waals surface area (Å²) in [5, 5.41) is 8.66. The lowest BCUT2D eigenvalue weighted by molar-refractivity contribution is -0.152. The first-order valence-corrected chi connectivity index (χ1v) is 18.1. The smallest absolute Gasteiger partial charge is 0.317 e. The molecule has 0 aliphatic carbocycles. The number of esters is 1. The summed E-state index contributed by atoms with van der Waals surface area (Å²) in [6, 6.07) is 0. The van der Waals surface area contributed by atoms with Crippen LogP contribution in [-0.2, 0) is 22.6 Å². The molecule has 2 unspecified atom stereocenters. The Balaban J connectivity index is 5.27. The molecule has 25 heavy (non-hydrogen) atoms. The van der Waals surface area contributed by atoms with E-state index in [2.05, 4.69) is 52.8 Å². The lowest BCUT2D eigenvalue weighted by Gasteiger charge is -2.44. The molecule has 0 aromatic rings. The summed E-state index contributed by atoms with van der Waals surface area (Å²) in [6.07, 6.45) is 0.268. The third kappa shape index (κ3) is 10.3. The number of carbonyl (C=O) groups is 2. The van der Waals surface area contributed by atoms with Crippen LogP contribution in [0.15, 0.2) is 0 Å². The number of hydrogen-bond donors (Lipinski definition) is 1. The second-order valence-electron chi connectivity index (χ2n) is 8.69. The van der Waals surface area contributed by atoms with Gasteiger partial charge in [-0.15, -0.1) is 0 Å². The van der Waals surface area contributed by atoms with Crippen molar-refractivity contribution >= 4 is 37.1 Å². The van der Waals surface area contributed by atoms with Gasteiger partial charge in [0.2, 0.25) is 0 Å². The number of aliphatic carboxylic acids is 1. The maximum atomic E-state index is 11.5. The topological polar surface area (TPSA) is 82.1 Å². The van der Waals surface area contributed by atoms with Crippen molar-refractivity contribution in [3.05, 3.63) is 0 Å². The number of ether oxygens (including phenoxy) is 1. The molecule has 2 atom stereocenters. The van der Waals surface area contributed by atoms with Crippen molar-refractivity contribution in [3.8, 4) is 0 Å². The Morgan fingerprint density at radius 1 is 0.960 bits per heavy atom. The summed E-state index contributed by atoms with van der Waals surface area (Å²) >= 11 is 0. The molecule has 1 N–H and O–H groups in total. The van der Waals surface area contributed by atoms with Crippen LogP contribution in [0.2, 0.25) is 51.4 Å². The molecule has 6 nitrogen and oxygen atoms in total. The van der Waals surface area contributed by atoms with E-state index in [1.54, 1.807) is 0 Å². The fourth-order valence-corrected chi connectivity index (χ4v) is 16.5. The van der Waals surface area contributed by atoms with Gasteiger partial charge in [0, 0.05) is 5.54 Å². The van der Waals surface area contributed by atoms with E-state index < -0.39 is 43.6 Å². The molecule has 0 saturated carbocycles. The van der Waals surface area contributed by atoms with E-state index in [1.165, 1.54) is 0 Å². The van der Waals surface area contributed by atoms with Crippen LogP contribution in [0.3, 0.4) is 0 Å². The molecule has 0 amide bonds. The molecule has 0 radical (unpaired) electrons. The SMILES string of the molecule is CCC(C(C)COC(=O)CC(=O)O)[Si](C)(O[Si](C)(C)C)O[Si](C)(C)C. The molecule has 0 aromatic heterocycles. The maximum absolute atomic E-state index is 11.5. The van der Waals surface area contributed by atoms with E-state index in [-0.39, 0.29) is 18.1 Å². The minimum Gasteiger partial charge on any atom is -0.481 e. The van der Waals surface area contributed by atoms with Gasteiger partial charge in [0.25, 0.3) is 0 Å². The molecule has 9 heteroatoms. The van der Waals surface area contributed by atoms with Crippen molar-refractivity contribution in [1.29, 1.82) is 0 Å². The molecule has 148 valence electrons. The van der Waals surface area contributed by atoms with E-state index in [0.29, 0.717) is 0 Å². The molecule has 0 spiro atoms. The largest absolute Gasteiger partial charge is 0.481 e. The van der Waals surface area contributed by atoms with Crippen LogP contribution in [0, 0.1) is 5.92 Å². The van der Waals surface area contributed by atoms with E-state index >= 15 is 0 Å². The third-order valence-electron chi connectivity index (χ3n) is 3.62. The van der Waals surface area contributed by atoms with E-state index in [4.69, 9.17) is 18.1 Å². The minimum atomic E-state index is -2.50. The standard InChI is InChI=1S/C16H36O6Si3/c1-10-14(13(2)12-20-16(19)11-15(17)18)25(9,21-23(3,4)5)22-24(6,7)8/h13-14H,10-12H2,1-9H3,(H,17,18). The molecule has 0 fully saturated rings. The molecule has 0 saturated heterocycles. The van der Waals surface area contributed by atoms with Crippen LogP contribution in [-0.4, -0.2) is 48.8 Å². The van der Waals surface area contributed by atoms with Crippen molar-refractivity contribution in [3.63, 3.8) is 0 Å². The van der Waals surface area contributed by atoms with E-state index in [0.717, 1.165) is 6.42 Å². The highest BCUT2D eigenvalue weighted by molar-refractivity contribution is 6.88. The predicted molar refractivity (Wildman–Crippen MR) is 107 cm³/mol. The monoisotopic (exact) mass is 408 g/mol. The number of carboxylic acid groups (broad SMARTS) is 1. The first kappa shape index (κ1) is 24.5. The third-order valence-corrected chi connectivity index (χ3v) is 14.1. The molecule has 0 rings (SSSR count). The lowest BCUT2D eigenvalue weighted by Crippen LogP contribution is -2.56. The quantitative estimate of drug-likeness (QED) is 0.313. The van der Waals surface area contributed by atoms with Crippen molar-refractivity contribution < 1.29 is 27.7 Å². The number of hydrogen-bond acceptors (Lipinski definition) is 5. The Kier molecular flexibility index (Phi) is 9.26. The zero-order chi connectivity index (χ0) is 20.1. The Morgan fingerprint density at radius 3 is 1.72 bits per heavy atom. The van der Waals surface area contributed by atoms with Crippen LogP contribution in [0.5, 0.6) is 0 Å². The van der Waals surface area contributed by atoms with Crippen LogP contribution < -0.4 is 0 Å². The van der Waals surface area contributed by atoms with Crippen molar-refractivity contribution in [1.82, 2.24) is 0 Å². The van der Waals surface area contributed by atoms with Gasteiger partial charge < -0.3 is 18.1 Å². The van der Waals surface area contributed by atoms with Gasteiger partial charge in [-0.25, -0.2) is 0 Å². The van der Waals surface area contributed by atoms with Gasteiger partial charge in [0.1, 0.15) is 6.42 Å². The van der Waals surface area contributed by atoms with Crippen molar-refractivity contribution in [2.45, 2.75) is 78.1 Å². The lowest BCUT2D eigenvalue weighted by atomic mass is 10.1. The summed E-state index contributed by atoms with van der Waals surface area (Å²) in [5.41, 5.74) is 0.170. The summed E-state index contributed by atoms with van der Waals surface area (Å²) in [6.45, 7) is 19.4. The zero-order valence-corrected chi connectivity index (χ0v) is 20.3. The van der Waals surface area contributed by atoms with Gasteiger partial charge in [-0.1, -0.05) is 20.3 Å². The molecule has 0 aliphatic rings. The maximum Gasteiger partial charge on any atom is 0.317 e. The van der Waals surface area contributed by atoms with Crippen LogP contribution in [0.1, 0.15) is 26.7 Å². The second kappa shape index (κ2) is 9.45. The molecular weight excluding hydrogens is 372 g/mol. The van der Waals surface area contributed by atoms with E-state index in [1.807, 2.05) is 6.92 Å². The fraction of sp³-hybridized carbons (Fsp3) is 0.875. The summed E-state index contributed by atoms with van der Waals surface area (Å²) < 4.78 is 18.4. The van der Waals surface area contributed by atoms with E-state index in [9.17, 15) is 9.59 Å². The molecule has 0 heterocycles. The molecule has 0 aromatic carbocycles. The molecule has 0 aliphatic heterocycles. The number of carbonyl (C=O) groups excluding carboxylic acids is 1. The van der Waals surface area contributed by atoms with Crippen LogP contribution in [0.25, 0.3) is 0 Å². The van der Waals surface area contributed by atoms with Crippen LogP contribution in [0.4, 0.5) is 0 Å². The first-order valence-electron chi connectivity index (χ1n) is 8.87. The first-order chi connectivity index (χ1) is 11.1. The summed E-state index contributed by atoms with van der Waals surface area (Å²) in [7, 11) is -6.12. The number of rotatable bonds is 11. The van der Waals surface area contributed by atoms with Gasteiger partial charge in [0.15, 0.2) is 16.6 Å². The molecule has 0 bridgehead atoms. The van der Waals surface area contributed by atoms with Crippen molar-refractivity contribution in [2.24, 2.45) is 5.92 Å².